The monoisotopic (exact) mass is 372 g/mol. The molecule has 1 amide bonds. The highest BCUT2D eigenvalue weighted by atomic mass is 16.5. The van der Waals surface area contributed by atoms with Crippen LogP contribution in [0.1, 0.15) is 19.8 Å². The van der Waals surface area contributed by atoms with Gasteiger partial charge >= 0.3 is 5.97 Å². The van der Waals surface area contributed by atoms with Crippen LogP contribution in [0.15, 0.2) is 0 Å². The average Bonchev–Trinajstić information content (AvgIpc) is 2.81. The molecule has 1 rings (SSSR count). The van der Waals surface area contributed by atoms with Crippen molar-refractivity contribution >= 4 is 31.6 Å². The molecule has 146 valence electrons. The highest BCUT2D eigenvalue weighted by Crippen LogP contribution is 2.38. The van der Waals surface area contributed by atoms with E-state index in [1.165, 1.54) is 6.92 Å². The number of hydrogen-bond acceptors (Lipinski definition) is 7. The second-order valence-electron chi connectivity index (χ2n) is 6.30. The Kier molecular flexibility index (Phi) is 7.84. The van der Waals surface area contributed by atoms with Gasteiger partial charge in [-0.25, -0.2) is 0 Å². The maximum atomic E-state index is 11.6. The van der Waals surface area contributed by atoms with Gasteiger partial charge in [0.05, 0.1) is 18.1 Å². The van der Waals surface area contributed by atoms with Crippen LogP contribution in [0.2, 0.25) is 0 Å². The summed E-state index contributed by atoms with van der Waals surface area (Å²) in [5.74, 6) is -4.84. The quantitative estimate of drug-likeness (QED) is 0.131. The lowest BCUT2D eigenvalue weighted by Crippen LogP contribution is -2.57. The van der Waals surface area contributed by atoms with Crippen LogP contribution in [-0.4, -0.2) is 77.8 Å². The van der Waals surface area contributed by atoms with Crippen LogP contribution in [-0.2, 0) is 14.3 Å². The number of nitrogens with one attached hydrogen (secondary N) is 3. The third-order valence-corrected chi connectivity index (χ3v) is 4.33. The molecular formula is C14H25BN4O7. The van der Waals surface area contributed by atoms with Gasteiger partial charge in [0.1, 0.15) is 6.10 Å². The number of ether oxygens (including phenoxy) is 1. The molecule has 8 N–H and O–H groups in total. The molecule has 26 heavy (non-hydrogen) atoms. The SMILES string of the molecule is BC(=O)O[C@H]1[C@@H]([C@H](NC(C)=O)[C@@H](O)CCO)[C@H](NC(=N)N)C[C@@H]1C(=O)O. The summed E-state index contributed by atoms with van der Waals surface area (Å²) in [5.41, 5.74) is 5.37. The fraction of sp³-hybridized carbons (Fsp3) is 0.714. The average molecular weight is 372 g/mol. The Morgan fingerprint density at radius 1 is 1.42 bits per heavy atom. The van der Waals surface area contributed by atoms with Crippen molar-refractivity contribution in [3.63, 3.8) is 0 Å². The molecule has 0 aromatic rings. The van der Waals surface area contributed by atoms with E-state index < -0.39 is 59.8 Å². The van der Waals surface area contributed by atoms with Crippen LogP contribution in [0.5, 0.6) is 0 Å². The molecule has 12 heteroatoms. The topological polar surface area (TPSA) is 195 Å². The minimum Gasteiger partial charge on any atom is -0.481 e. The van der Waals surface area contributed by atoms with E-state index >= 15 is 0 Å². The number of carbonyl (C=O) groups is 3. The Labute approximate surface area is 151 Å². The predicted molar refractivity (Wildman–Crippen MR) is 92.2 cm³/mol. The molecule has 1 aliphatic carbocycles. The summed E-state index contributed by atoms with van der Waals surface area (Å²) in [7, 11) is 1.12. The number of carboxylic acid groups (broad SMARTS) is 1. The van der Waals surface area contributed by atoms with E-state index in [1.54, 1.807) is 0 Å². The minimum absolute atomic E-state index is 0.0283. The van der Waals surface area contributed by atoms with Gasteiger partial charge in [0, 0.05) is 25.5 Å². The number of hydrogen-bond donors (Lipinski definition) is 7. The number of nitrogens with two attached hydrogens (primary N) is 1. The number of aliphatic hydroxyl groups excluding tert-OH is 2. The highest BCUT2D eigenvalue weighted by molar-refractivity contribution is 6.55. The Morgan fingerprint density at radius 3 is 2.46 bits per heavy atom. The molecule has 0 unspecified atom stereocenters. The molecule has 1 saturated carbocycles. The number of carboxylic acids is 1. The lowest BCUT2D eigenvalue weighted by atomic mass is 9.86. The molecule has 0 aliphatic heterocycles. The van der Waals surface area contributed by atoms with Crippen LogP contribution in [0.4, 0.5) is 4.79 Å². The summed E-state index contributed by atoms with van der Waals surface area (Å²) in [6, 6.07) is -1.77. The van der Waals surface area contributed by atoms with Gasteiger partial charge in [-0.15, -0.1) is 0 Å². The van der Waals surface area contributed by atoms with Crippen molar-refractivity contribution in [1.29, 1.82) is 5.41 Å². The first-order valence-corrected chi connectivity index (χ1v) is 8.15. The summed E-state index contributed by atoms with van der Waals surface area (Å²) < 4.78 is 5.20. The molecule has 11 nitrogen and oxygen atoms in total. The highest BCUT2D eigenvalue weighted by Gasteiger charge is 2.53. The van der Waals surface area contributed by atoms with Crippen molar-refractivity contribution in [3.8, 4) is 0 Å². The maximum absolute atomic E-state index is 11.6. The minimum atomic E-state index is -1.23. The third-order valence-electron chi connectivity index (χ3n) is 4.33. The van der Waals surface area contributed by atoms with E-state index in [0.717, 1.165) is 7.85 Å². The first kappa shape index (κ1) is 21.7. The lowest BCUT2D eigenvalue weighted by molar-refractivity contribution is -0.145. The van der Waals surface area contributed by atoms with Gasteiger partial charge in [-0.3, -0.25) is 19.8 Å². The molecule has 1 fully saturated rings. The Bertz CT molecular complexity index is 561. The Morgan fingerprint density at radius 2 is 2.04 bits per heavy atom. The van der Waals surface area contributed by atoms with Gasteiger partial charge < -0.3 is 36.4 Å². The number of carbonyl (C=O) groups excluding carboxylic acids is 2. The normalized spacial score (nSPS) is 27.2. The van der Waals surface area contributed by atoms with E-state index in [9.17, 15) is 24.6 Å². The summed E-state index contributed by atoms with van der Waals surface area (Å²) in [4.78, 5) is 34.7. The van der Waals surface area contributed by atoms with Crippen LogP contribution >= 0.6 is 0 Å². The molecule has 0 saturated heterocycles. The Balaban J connectivity index is 3.33. The molecule has 6 atom stereocenters. The van der Waals surface area contributed by atoms with Gasteiger partial charge in [0.15, 0.2) is 5.96 Å². The van der Waals surface area contributed by atoms with Crippen LogP contribution in [0.3, 0.4) is 0 Å². The smallest absolute Gasteiger partial charge is 0.310 e. The zero-order valence-electron chi connectivity index (χ0n) is 14.6. The first-order valence-electron chi connectivity index (χ1n) is 8.15. The molecule has 0 heterocycles. The van der Waals surface area contributed by atoms with Gasteiger partial charge in [-0.2, -0.15) is 0 Å². The fourth-order valence-electron chi connectivity index (χ4n) is 3.46. The van der Waals surface area contributed by atoms with Crippen molar-refractivity contribution in [1.82, 2.24) is 10.6 Å². The second-order valence-corrected chi connectivity index (χ2v) is 6.30. The van der Waals surface area contributed by atoms with Crippen LogP contribution < -0.4 is 16.4 Å². The van der Waals surface area contributed by atoms with E-state index in [4.69, 9.17) is 21.0 Å². The summed E-state index contributed by atoms with van der Waals surface area (Å²) in [5, 5.41) is 41.5. The van der Waals surface area contributed by atoms with Crippen LogP contribution in [0.25, 0.3) is 0 Å². The van der Waals surface area contributed by atoms with E-state index in [-0.39, 0.29) is 19.4 Å². The van der Waals surface area contributed by atoms with Gasteiger partial charge in [0.2, 0.25) is 19.6 Å². The van der Waals surface area contributed by atoms with Gasteiger partial charge in [-0.1, -0.05) is 0 Å². The summed E-state index contributed by atoms with van der Waals surface area (Å²) in [6.07, 6.45) is -2.50. The molecule has 1 aliphatic rings. The van der Waals surface area contributed by atoms with Gasteiger partial charge in [-0.05, 0) is 12.8 Å². The summed E-state index contributed by atoms with van der Waals surface area (Å²) >= 11 is 0. The third kappa shape index (κ3) is 5.59. The fourth-order valence-corrected chi connectivity index (χ4v) is 3.46. The van der Waals surface area contributed by atoms with E-state index in [0.29, 0.717) is 0 Å². The lowest BCUT2D eigenvalue weighted by Gasteiger charge is -2.36. The largest absolute Gasteiger partial charge is 0.481 e. The zero-order chi connectivity index (χ0) is 20.0. The molecule has 0 spiro atoms. The molecule has 0 bridgehead atoms. The van der Waals surface area contributed by atoms with Crippen molar-refractivity contribution in [2.24, 2.45) is 17.6 Å². The van der Waals surface area contributed by atoms with Crippen molar-refractivity contribution < 1.29 is 34.4 Å². The zero-order valence-corrected chi connectivity index (χ0v) is 14.6. The van der Waals surface area contributed by atoms with E-state index in [1.807, 2.05) is 0 Å². The number of amides is 1. The second kappa shape index (κ2) is 9.39. The van der Waals surface area contributed by atoms with E-state index in [2.05, 4.69) is 10.6 Å². The molecule has 0 aromatic carbocycles. The summed E-state index contributed by atoms with van der Waals surface area (Å²) in [6.45, 7) is 0.853. The number of aliphatic carboxylic acids is 1. The van der Waals surface area contributed by atoms with Crippen LogP contribution in [0, 0.1) is 17.2 Å². The van der Waals surface area contributed by atoms with Gasteiger partial charge in [0.25, 0.3) is 0 Å². The molecular weight excluding hydrogens is 347 g/mol. The Hall–Kier alpha value is -2.34. The maximum Gasteiger partial charge on any atom is 0.310 e. The predicted octanol–water partition coefficient (Wildman–Crippen LogP) is -3.05. The number of aliphatic hydroxyl groups is 2. The number of guanidine groups is 1. The number of rotatable bonds is 8. The standard InChI is InChI=1S/C14H25BN4O7/c1-5(21)18-10(8(22)2-3-20)9-7(19-14(16)17)4-6(12(23)24)11(9)26-13(15)25/h6-11,20,22H,2-4,15H2,1H3,(H,18,21)(H,23,24)(H4,16,17,19)/t6-,7+,8-,9+,10+,11+/m0/s1. The van der Waals surface area contributed by atoms with Crippen molar-refractivity contribution in [2.45, 2.75) is 44.1 Å². The van der Waals surface area contributed by atoms with Crippen molar-refractivity contribution in [2.75, 3.05) is 6.61 Å². The van der Waals surface area contributed by atoms with Crippen molar-refractivity contribution in [3.05, 3.63) is 0 Å². The first-order chi connectivity index (χ1) is 12.1. The molecule has 0 radical (unpaired) electrons. The molecule has 0 aromatic heterocycles.